The molecule has 2 amide bonds. The van der Waals surface area contributed by atoms with Gasteiger partial charge in [-0.05, 0) is 30.2 Å². The van der Waals surface area contributed by atoms with E-state index in [0.717, 1.165) is 5.56 Å². The number of hydrogen-bond donors (Lipinski definition) is 3. The molecule has 2 bridgehead atoms. The number of carbonyl (C=O) groups excluding carboxylic acids is 2. The molecule has 1 fully saturated rings. The molecule has 0 radical (unpaired) electrons. The van der Waals surface area contributed by atoms with Crippen molar-refractivity contribution in [3.63, 3.8) is 0 Å². The summed E-state index contributed by atoms with van der Waals surface area (Å²) in [6.07, 6.45) is 5.31. The van der Waals surface area contributed by atoms with Crippen LogP contribution in [0, 0.1) is 23.7 Å². The SMILES string of the molecule is O=C(CCc1ccccc1)NNC(=O)[C@@H]1[C@@H](C(=O)O)[C@@H]2C=C[C@H]1C2. The lowest BCUT2D eigenvalue weighted by molar-refractivity contribution is -0.148. The fraction of sp³-hybridized carbons (Fsp3) is 0.389. The van der Waals surface area contributed by atoms with Gasteiger partial charge in [0, 0.05) is 6.42 Å². The second kappa shape index (κ2) is 6.86. The third-order valence-corrected chi connectivity index (χ3v) is 4.86. The predicted molar refractivity (Wildman–Crippen MR) is 86.4 cm³/mol. The number of rotatable bonds is 5. The minimum atomic E-state index is -0.956. The van der Waals surface area contributed by atoms with Crippen LogP contribution in [0.15, 0.2) is 42.5 Å². The number of amides is 2. The Kier molecular flexibility index (Phi) is 4.64. The Bertz CT molecular complexity index is 671. The largest absolute Gasteiger partial charge is 0.481 e. The van der Waals surface area contributed by atoms with Gasteiger partial charge in [0.25, 0.3) is 0 Å². The van der Waals surface area contributed by atoms with Gasteiger partial charge in [0.05, 0.1) is 11.8 Å². The summed E-state index contributed by atoms with van der Waals surface area (Å²) < 4.78 is 0. The number of carboxylic acid groups (broad SMARTS) is 1. The van der Waals surface area contributed by atoms with E-state index in [1.54, 1.807) is 0 Å². The van der Waals surface area contributed by atoms with Gasteiger partial charge < -0.3 is 5.11 Å². The maximum Gasteiger partial charge on any atom is 0.307 e. The van der Waals surface area contributed by atoms with Crippen molar-refractivity contribution in [1.29, 1.82) is 0 Å². The smallest absolute Gasteiger partial charge is 0.307 e. The summed E-state index contributed by atoms with van der Waals surface area (Å²) in [6, 6.07) is 9.59. The molecule has 4 atom stereocenters. The third-order valence-electron chi connectivity index (χ3n) is 4.86. The molecule has 24 heavy (non-hydrogen) atoms. The average molecular weight is 328 g/mol. The lowest BCUT2D eigenvalue weighted by atomic mass is 9.82. The van der Waals surface area contributed by atoms with Crippen LogP contribution < -0.4 is 10.9 Å². The van der Waals surface area contributed by atoms with Crippen molar-refractivity contribution >= 4 is 17.8 Å². The van der Waals surface area contributed by atoms with Gasteiger partial charge in [-0.3, -0.25) is 25.2 Å². The van der Waals surface area contributed by atoms with Crippen molar-refractivity contribution in [3.05, 3.63) is 48.0 Å². The summed E-state index contributed by atoms with van der Waals surface area (Å²) in [5.74, 6) is -3.14. The molecule has 0 unspecified atom stereocenters. The minimum Gasteiger partial charge on any atom is -0.481 e. The highest BCUT2D eigenvalue weighted by Crippen LogP contribution is 2.48. The highest BCUT2D eigenvalue weighted by Gasteiger charge is 2.51. The third kappa shape index (κ3) is 3.32. The van der Waals surface area contributed by atoms with Crippen molar-refractivity contribution in [3.8, 4) is 0 Å². The van der Waals surface area contributed by atoms with E-state index < -0.39 is 23.7 Å². The molecule has 0 heterocycles. The van der Waals surface area contributed by atoms with E-state index >= 15 is 0 Å². The standard InChI is InChI=1S/C18H20N2O4/c21-14(9-6-11-4-2-1-3-5-11)19-20-17(22)15-12-7-8-13(10-12)16(15)18(23)24/h1-5,7-8,12-13,15-16H,6,9-10H2,(H,19,21)(H,20,22)(H,23,24)/t12-,13+,15-,16-/m0/s1. The van der Waals surface area contributed by atoms with Crippen molar-refractivity contribution < 1.29 is 19.5 Å². The van der Waals surface area contributed by atoms with E-state index in [1.165, 1.54) is 0 Å². The number of hydrogen-bond acceptors (Lipinski definition) is 3. The number of carbonyl (C=O) groups is 3. The Morgan fingerprint density at radius 1 is 1.00 bits per heavy atom. The lowest BCUT2D eigenvalue weighted by Crippen LogP contribution is -2.48. The van der Waals surface area contributed by atoms with Crippen LogP contribution >= 0.6 is 0 Å². The molecule has 6 heteroatoms. The Balaban J connectivity index is 1.49. The van der Waals surface area contributed by atoms with Gasteiger partial charge in [0.1, 0.15) is 0 Å². The molecule has 1 aromatic carbocycles. The van der Waals surface area contributed by atoms with Crippen LogP contribution in [-0.4, -0.2) is 22.9 Å². The number of fused-ring (bicyclic) bond motifs is 2. The van der Waals surface area contributed by atoms with E-state index in [4.69, 9.17) is 0 Å². The van der Waals surface area contributed by atoms with Crippen LogP contribution in [0.1, 0.15) is 18.4 Å². The van der Waals surface area contributed by atoms with Gasteiger partial charge in [0.15, 0.2) is 0 Å². The van der Waals surface area contributed by atoms with Gasteiger partial charge in [-0.15, -0.1) is 0 Å². The number of aliphatic carboxylic acids is 1. The Labute approximate surface area is 139 Å². The zero-order chi connectivity index (χ0) is 17.1. The molecule has 126 valence electrons. The molecule has 3 rings (SSSR count). The first kappa shape index (κ1) is 16.2. The fourth-order valence-electron chi connectivity index (χ4n) is 3.70. The first-order valence-corrected chi connectivity index (χ1v) is 8.10. The van der Waals surface area contributed by atoms with Crippen LogP contribution in [0.4, 0.5) is 0 Å². The second-order valence-electron chi connectivity index (χ2n) is 6.36. The van der Waals surface area contributed by atoms with Gasteiger partial charge in [0.2, 0.25) is 11.8 Å². The van der Waals surface area contributed by atoms with Gasteiger partial charge in [-0.2, -0.15) is 0 Å². The molecule has 6 nitrogen and oxygen atoms in total. The molecule has 0 aliphatic heterocycles. The van der Waals surface area contributed by atoms with Gasteiger partial charge >= 0.3 is 5.97 Å². The molecule has 0 spiro atoms. The van der Waals surface area contributed by atoms with Gasteiger partial charge in [-0.1, -0.05) is 42.5 Å². The lowest BCUT2D eigenvalue weighted by Gasteiger charge is -2.23. The van der Waals surface area contributed by atoms with Crippen molar-refractivity contribution in [1.82, 2.24) is 10.9 Å². The summed E-state index contributed by atoms with van der Waals surface area (Å²) in [6.45, 7) is 0. The molecule has 0 saturated heterocycles. The van der Waals surface area contributed by atoms with Crippen molar-refractivity contribution in [2.45, 2.75) is 19.3 Å². The number of carboxylic acids is 1. The summed E-state index contributed by atoms with van der Waals surface area (Å²) >= 11 is 0. The van der Waals surface area contributed by atoms with E-state index in [9.17, 15) is 19.5 Å². The zero-order valence-electron chi connectivity index (χ0n) is 13.1. The number of aryl methyl sites for hydroxylation is 1. The highest BCUT2D eigenvalue weighted by molar-refractivity contribution is 5.88. The fourth-order valence-corrected chi connectivity index (χ4v) is 3.70. The van der Waals surface area contributed by atoms with Crippen LogP contribution in [0.25, 0.3) is 0 Å². The number of nitrogens with one attached hydrogen (secondary N) is 2. The number of benzene rings is 1. The van der Waals surface area contributed by atoms with E-state index in [1.807, 2.05) is 42.5 Å². The first-order valence-electron chi connectivity index (χ1n) is 8.10. The molecular formula is C18H20N2O4. The average Bonchev–Trinajstić information content (AvgIpc) is 3.20. The number of hydrazine groups is 1. The topological polar surface area (TPSA) is 95.5 Å². The minimum absolute atomic E-state index is 0.0580. The molecule has 1 aromatic rings. The zero-order valence-corrected chi connectivity index (χ0v) is 13.1. The molecular weight excluding hydrogens is 308 g/mol. The molecule has 1 saturated carbocycles. The van der Waals surface area contributed by atoms with E-state index in [0.29, 0.717) is 12.8 Å². The summed E-state index contributed by atoms with van der Waals surface area (Å²) in [5.41, 5.74) is 5.83. The predicted octanol–water partition coefficient (Wildman–Crippen LogP) is 1.29. The highest BCUT2D eigenvalue weighted by atomic mass is 16.4. The van der Waals surface area contributed by atoms with Crippen LogP contribution in [0.2, 0.25) is 0 Å². The maximum absolute atomic E-state index is 12.3. The van der Waals surface area contributed by atoms with Gasteiger partial charge in [-0.25, -0.2) is 0 Å². The Morgan fingerprint density at radius 2 is 1.67 bits per heavy atom. The van der Waals surface area contributed by atoms with Crippen LogP contribution in [0.3, 0.4) is 0 Å². The van der Waals surface area contributed by atoms with Crippen LogP contribution in [0.5, 0.6) is 0 Å². The van der Waals surface area contributed by atoms with Crippen molar-refractivity contribution in [2.75, 3.05) is 0 Å². The Morgan fingerprint density at radius 3 is 2.33 bits per heavy atom. The molecule has 3 N–H and O–H groups in total. The van der Waals surface area contributed by atoms with E-state index in [2.05, 4.69) is 10.9 Å². The Hall–Kier alpha value is -2.63. The quantitative estimate of drug-likeness (QED) is 0.560. The first-order chi connectivity index (χ1) is 11.6. The summed E-state index contributed by atoms with van der Waals surface area (Å²) in [4.78, 5) is 35.6. The summed E-state index contributed by atoms with van der Waals surface area (Å²) in [7, 11) is 0. The number of allylic oxidation sites excluding steroid dienone is 2. The summed E-state index contributed by atoms with van der Waals surface area (Å²) in [5, 5.41) is 9.34. The molecule has 2 aliphatic rings. The monoisotopic (exact) mass is 328 g/mol. The maximum atomic E-state index is 12.3. The normalized spacial score (nSPS) is 27.0. The molecule has 2 aliphatic carbocycles. The second-order valence-corrected chi connectivity index (χ2v) is 6.36. The van der Waals surface area contributed by atoms with Crippen LogP contribution in [-0.2, 0) is 20.8 Å². The molecule has 0 aromatic heterocycles. The van der Waals surface area contributed by atoms with Crippen molar-refractivity contribution in [2.24, 2.45) is 23.7 Å². The van der Waals surface area contributed by atoms with E-state index in [-0.39, 0.29) is 24.2 Å².